The van der Waals surface area contributed by atoms with Crippen molar-refractivity contribution < 1.29 is 22.3 Å². The third-order valence-electron chi connectivity index (χ3n) is 3.96. The number of ether oxygens (including phenoxy) is 1. The molecule has 0 bridgehead atoms. The van der Waals surface area contributed by atoms with Crippen LogP contribution in [0.4, 0.5) is 4.39 Å². The second kappa shape index (κ2) is 8.96. The number of hydrogen-bond acceptors (Lipinski definition) is 4. The highest BCUT2D eigenvalue weighted by molar-refractivity contribution is 7.89. The van der Waals surface area contributed by atoms with Gasteiger partial charge in [0, 0.05) is 7.05 Å². The average molecular weight is 394 g/mol. The molecule has 0 radical (unpaired) electrons. The minimum absolute atomic E-state index is 0.0767. The number of likely N-dealkylation sites (N-methyl/N-ethyl adjacent to an activating group) is 1. The summed E-state index contributed by atoms with van der Waals surface area (Å²) in [6, 6.07) is 11.4. The van der Waals surface area contributed by atoms with Gasteiger partial charge in [0.1, 0.15) is 11.6 Å². The molecule has 146 valence electrons. The first-order valence-corrected chi connectivity index (χ1v) is 9.92. The van der Waals surface area contributed by atoms with Crippen molar-refractivity contribution >= 4 is 15.9 Å². The lowest BCUT2D eigenvalue weighted by Crippen LogP contribution is -2.39. The van der Waals surface area contributed by atoms with Crippen LogP contribution >= 0.6 is 0 Å². The van der Waals surface area contributed by atoms with Gasteiger partial charge in [-0.2, -0.15) is 4.31 Å². The molecule has 2 aromatic carbocycles. The van der Waals surface area contributed by atoms with Gasteiger partial charge in [-0.1, -0.05) is 12.1 Å². The van der Waals surface area contributed by atoms with Crippen molar-refractivity contribution in [2.45, 2.75) is 24.8 Å². The minimum atomic E-state index is -3.80. The summed E-state index contributed by atoms with van der Waals surface area (Å²) in [7, 11) is -2.46. The Balaban J connectivity index is 2.00. The van der Waals surface area contributed by atoms with Crippen LogP contribution < -0.4 is 10.1 Å². The van der Waals surface area contributed by atoms with Gasteiger partial charge in [0.05, 0.1) is 24.1 Å². The Bertz CT molecular complexity index is 868. The quantitative estimate of drug-likeness (QED) is 0.747. The summed E-state index contributed by atoms with van der Waals surface area (Å²) in [6.45, 7) is 3.73. The highest BCUT2D eigenvalue weighted by atomic mass is 32.2. The monoisotopic (exact) mass is 394 g/mol. The fourth-order valence-electron chi connectivity index (χ4n) is 2.46. The lowest BCUT2D eigenvalue weighted by Gasteiger charge is -2.19. The third kappa shape index (κ3) is 5.51. The average Bonchev–Trinajstić information content (AvgIpc) is 2.62. The smallest absolute Gasteiger partial charge is 0.243 e. The van der Waals surface area contributed by atoms with E-state index in [0.29, 0.717) is 12.4 Å². The van der Waals surface area contributed by atoms with Crippen molar-refractivity contribution in [2.75, 3.05) is 20.2 Å². The van der Waals surface area contributed by atoms with E-state index in [1.54, 1.807) is 31.2 Å². The molecular weight excluding hydrogens is 371 g/mol. The molecule has 0 fully saturated rings. The Labute approximate surface area is 159 Å². The highest BCUT2D eigenvalue weighted by Gasteiger charge is 2.23. The predicted molar refractivity (Wildman–Crippen MR) is 100 cm³/mol. The van der Waals surface area contributed by atoms with Crippen LogP contribution in [-0.4, -0.2) is 38.8 Å². The van der Waals surface area contributed by atoms with Crippen molar-refractivity contribution in [3.05, 3.63) is 59.9 Å². The number of nitrogens with zero attached hydrogens (tertiary/aromatic N) is 1. The van der Waals surface area contributed by atoms with Gasteiger partial charge in [-0.05, 0) is 55.8 Å². The summed E-state index contributed by atoms with van der Waals surface area (Å²) >= 11 is 0. The third-order valence-corrected chi connectivity index (χ3v) is 5.77. The molecule has 0 heterocycles. The number of hydrogen-bond donors (Lipinski definition) is 1. The van der Waals surface area contributed by atoms with Crippen molar-refractivity contribution in [3.8, 4) is 5.75 Å². The van der Waals surface area contributed by atoms with E-state index in [9.17, 15) is 17.6 Å². The van der Waals surface area contributed by atoms with Gasteiger partial charge in [0.25, 0.3) is 0 Å². The lowest BCUT2D eigenvalue weighted by molar-refractivity contribution is -0.121. The lowest BCUT2D eigenvalue weighted by atomic mass is 10.1. The van der Waals surface area contributed by atoms with E-state index in [4.69, 9.17) is 4.74 Å². The molecule has 1 unspecified atom stereocenters. The highest BCUT2D eigenvalue weighted by Crippen LogP contribution is 2.19. The van der Waals surface area contributed by atoms with E-state index < -0.39 is 15.9 Å². The SMILES string of the molecule is CCOc1ccc(S(=O)(=O)N(C)CC(=O)NC(C)c2ccc(F)cc2)cc1. The standard InChI is InChI=1S/C19H23FN2O4S/c1-4-26-17-9-11-18(12-10-17)27(24,25)22(3)13-19(23)21-14(2)15-5-7-16(20)8-6-15/h5-12,14H,4,13H2,1-3H3,(H,21,23). The van der Waals surface area contributed by atoms with Crippen LogP contribution in [0.15, 0.2) is 53.4 Å². The molecule has 1 N–H and O–H groups in total. The number of rotatable bonds is 8. The summed E-state index contributed by atoms with van der Waals surface area (Å²) in [5.41, 5.74) is 0.724. The second-order valence-corrected chi connectivity index (χ2v) is 8.05. The zero-order chi connectivity index (χ0) is 20.0. The fourth-order valence-corrected chi connectivity index (χ4v) is 3.59. The van der Waals surface area contributed by atoms with Crippen LogP contribution in [0.2, 0.25) is 0 Å². The normalized spacial score (nSPS) is 12.6. The summed E-state index contributed by atoms with van der Waals surface area (Å²) < 4.78 is 44.4. The summed E-state index contributed by atoms with van der Waals surface area (Å²) in [5.74, 6) is -0.243. The first-order chi connectivity index (χ1) is 12.7. The number of carbonyl (C=O) groups excluding carboxylic acids is 1. The van der Waals surface area contributed by atoms with Gasteiger partial charge in [-0.15, -0.1) is 0 Å². The molecule has 1 amide bonds. The van der Waals surface area contributed by atoms with E-state index in [1.165, 1.54) is 31.3 Å². The largest absolute Gasteiger partial charge is 0.494 e. The van der Waals surface area contributed by atoms with Crippen LogP contribution in [-0.2, 0) is 14.8 Å². The molecule has 0 aliphatic heterocycles. The van der Waals surface area contributed by atoms with E-state index in [1.807, 2.05) is 6.92 Å². The maximum atomic E-state index is 13.0. The second-order valence-electron chi connectivity index (χ2n) is 6.01. The first-order valence-electron chi connectivity index (χ1n) is 8.48. The molecule has 27 heavy (non-hydrogen) atoms. The van der Waals surface area contributed by atoms with Crippen molar-refractivity contribution in [1.29, 1.82) is 0 Å². The molecule has 0 aromatic heterocycles. The molecule has 0 spiro atoms. The molecule has 0 aliphatic carbocycles. The molecule has 2 rings (SSSR count). The molecule has 0 aliphatic rings. The summed E-state index contributed by atoms with van der Waals surface area (Å²) in [4.78, 5) is 12.3. The van der Waals surface area contributed by atoms with E-state index in [2.05, 4.69) is 5.32 Å². The van der Waals surface area contributed by atoms with E-state index in [0.717, 1.165) is 9.87 Å². The first kappa shape index (κ1) is 20.9. The number of halogens is 1. The number of sulfonamides is 1. The van der Waals surface area contributed by atoms with Gasteiger partial charge >= 0.3 is 0 Å². The Morgan fingerprint density at radius 1 is 1.15 bits per heavy atom. The topological polar surface area (TPSA) is 75.7 Å². The van der Waals surface area contributed by atoms with Gasteiger partial charge in [0.2, 0.25) is 15.9 Å². The molecule has 8 heteroatoms. The number of carbonyl (C=O) groups is 1. The molecule has 1 atom stereocenters. The van der Waals surface area contributed by atoms with Gasteiger partial charge in [0.15, 0.2) is 0 Å². The maximum absolute atomic E-state index is 13.0. The van der Waals surface area contributed by atoms with Crippen LogP contribution in [0.3, 0.4) is 0 Å². The number of benzene rings is 2. The molecule has 6 nitrogen and oxygen atoms in total. The Morgan fingerprint density at radius 2 is 1.74 bits per heavy atom. The van der Waals surface area contributed by atoms with Crippen LogP contribution in [0.1, 0.15) is 25.5 Å². The zero-order valence-electron chi connectivity index (χ0n) is 15.5. The van der Waals surface area contributed by atoms with Crippen molar-refractivity contribution in [1.82, 2.24) is 9.62 Å². The van der Waals surface area contributed by atoms with Crippen LogP contribution in [0, 0.1) is 5.82 Å². The van der Waals surface area contributed by atoms with E-state index in [-0.39, 0.29) is 23.3 Å². The summed E-state index contributed by atoms with van der Waals surface area (Å²) in [5, 5.41) is 2.71. The Kier molecular flexibility index (Phi) is 6.92. The maximum Gasteiger partial charge on any atom is 0.243 e. The number of nitrogens with one attached hydrogen (secondary N) is 1. The molecule has 2 aromatic rings. The number of amides is 1. The van der Waals surface area contributed by atoms with Gasteiger partial charge in [-0.3, -0.25) is 4.79 Å². The fraction of sp³-hybridized carbons (Fsp3) is 0.316. The Hall–Kier alpha value is -2.45. The van der Waals surface area contributed by atoms with Crippen molar-refractivity contribution in [3.63, 3.8) is 0 Å². The van der Waals surface area contributed by atoms with Crippen LogP contribution in [0.25, 0.3) is 0 Å². The summed E-state index contributed by atoms with van der Waals surface area (Å²) in [6.07, 6.45) is 0. The van der Waals surface area contributed by atoms with Gasteiger partial charge in [-0.25, -0.2) is 12.8 Å². The van der Waals surface area contributed by atoms with Crippen molar-refractivity contribution in [2.24, 2.45) is 0 Å². The van der Waals surface area contributed by atoms with Gasteiger partial charge < -0.3 is 10.1 Å². The minimum Gasteiger partial charge on any atom is -0.494 e. The van der Waals surface area contributed by atoms with E-state index >= 15 is 0 Å². The Morgan fingerprint density at radius 3 is 2.30 bits per heavy atom. The molecule has 0 saturated heterocycles. The predicted octanol–water partition coefficient (Wildman–Crippen LogP) is 2.72. The molecular formula is C19H23FN2O4S. The zero-order valence-corrected chi connectivity index (χ0v) is 16.3. The molecule has 0 saturated carbocycles. The van der Waals surface area contributed by atoms with Crippen LogP contribution in [0.5, 0.6) is 5.75 Å².